The molecule has 0 saturated carbocycles. The molecule has 2 N–H and O–H groups in total. The number of hydrogen-bond donors (Lipinski definition) is 2. The van der Waals surface area contributed by atoms with E-state index in [9.17, 15) is 9.59 Å². The molecule has 0 fully saturated rings. The summed E-state index contributed by atoms with van der Waals surface area (Å²) in [6.07, 6.45) is 0.329. The minimum atomic E-state index is -0.383. The Morgan fingerprint density at radius 2 is 1.79 bits per heavy atom. The van der Waals surface area contributed by atoms with Crippen LogP contribution in [0, 0.1) is 13.8 Å². The first kappa shape index (κ1) is 17.5. The van der Waals surface area contributed by atoms with Gasteiger partial charge in [0, 0.05) is 24.3 Å². The van der Waals surface area contributed by atoms with Gasteiger partial charge in [-0.25, -0.2) is 4.79 Å². The van der Waals surface area contributed by atoms with Crippen molar-refractivity contribution in [2.24, 2.45) is 0 Å². The minimum Gasteiger partial charge on any atom is -0.465 e. The Morgan fingerprint density at radius 3 is 2.50 bits per heavy atom. The Bertz CT molecular complexity index is 741. The molecule has 24 heavy (non-hydrogen) atoms. The van der Waals surface area contributed by atoms with E-state index in [0.717, 1.165) is 16.9 Å². The zero-order chi connectivity index (χ0) is 17.5. The molecule has 0 radical (unpaired) electrons. The van der Waals surface area contributed by atoms with Gasteiger partial charge in [0.05, 0.1) is 12.7 Å². The topological polar surface area (TPSA) is 67.4 Å². The van der Waals surface area contributed by atoms with E-state index in [-0.39, 0.29) is 11.9 Å². The number of carbonyl (C=O) groups excluding carboxylic acids is 2. The third-order valence-electron chi connectivity index (χ3n) is 3.76. The summed E-state index contributed by atoms with van der Waals surface area (Å²) in [5, 5.41) is 6.01. The molecular formula is C19H22N2O3. The lowest BCUT2D eigenvalue weighted by atomic mass is 10.1. The van der Waals surface area contributed by atoms with Crippen molar-refractivity contribution < 1.29 is 14.3 Å². The SMILES string of the molecule is COC(=O)c1cccc(NCCC(=O)Nc2ccc(C)c(C)c2)c1. The van der Waals surface area contributed by atoms with Crippen molar-refractivity contribution >= 4 is 23.3 Å². The van der Waals surface area contributed by atoms with Gasteiger partial charge in [0.25, 0.3) is 0 Å². The second kappa shape index (κ2) is 8.15. The number of nitrogens with one attached hydrogen (secondary N) is 2. The zero-order valence-corrected chi connectivity index (χ0v) is 14.2. The van der Waals surface area contributed by atoms with Crippen molar-refractivity contribution in [3.63, 3.8) is 0 Å². The summed E-state index contributed by atoms with van der Waals surface area (Å²) in [7, 11) is 1.35. The summed E-state index contributed by atoms with van der Waals surface area (Å²) in [6.45, 7) is 4.52. The van der Waals surface area contributed by atoms with Gasteiger partial charge in [-0.15, -0.1) is 0 Å². The minimum absolute atomic E-state index is 0.0603. The van der Waals surface area contributed by atoms with E-state index >= 15 is 0 Å². The van der Waals surface area contributed by atoms with E-state index < -0.39 is 0 Å². The number of hydrogen-bond acceptors (Lipinski definition) is 4. The van der Waals surface area contributed by atoms with Gasteiger partial charge in [0.15, 0.2) is 0 Å². The van der Waals surface area contributed by atoms with Crippen LogP contribution in [0.15, 0.2) is 42.5 Å². The summed E-state index contributed by atoms with van der Waals surface area (Å²) < 4.78 is 4.69. The number of benzene rings is 2. The first-order chi connectivity index (χ1) is 11.5. The summed E-state index contributed by atoms with van der Waals surface area (Å²) >= 11 is 0. The molecule has 0 atom stereocenters. The van der Waals surface area contributed by atoms with Crippen molar-refractivity contribution in [3.8, 4) is 0 Å². The highest BCUT2D eigenvalue weighted by Gasteiger charge is 2.06. The molecule has 126 valence electrons. The van der Waals surface area contributed by atoms with Gasteiger partial charge in [-0.3, -0.25) is 4.79 Å². The second-order valence-corrected chi connectivity index (χ2v) is 5.60. The smallest absolute Gasteiger partial charge is 0.337 e. The highest BCUT2D eigenvalue weighted by Crippen LogP contribution is 2.15. The molecule has 0 aliphatic carbocycles. The Hall–Kier alpha value is -2.82. The first-order valence-electron chi connectivity index (χ1n) is 7.79. The average Bonchev–Trinajstić information content (AvgIpc) is 2.57. The van der Waals surface area contributed by atoms with Gasteiger partial charge in [0.2, 0.25) is 5.91 Å². The van der Waals surface area contributed by atoms with Gasteiger partial charge in [0.1, 0.15) is 0 Å². The maximum atomic E-state index is 12.0. The predicted molar refractivity (Wildman–Crippen MR) is 95.4 cm³/mol. The number of aryl methyl sites for hydroxylation is 2. The van der Waals surface area contributed by atoms with E-state index in [1.165, 1.54) is 12.7 Å². The molecule has 2 rings (SSSR count). The maximum absolute atomic E-state index is 12.0. The second-order valence-electron chi connectivity index (χ2n) is 5.60. The lowest BCUT2D eigenvalue weighted by molar-refractivity contribution is -0.115. The molecule has 2 aromatic carbocycles. The van der Waals surface area contributed by atoms with Crippen molar-refractivity contribution in [2.45, 2.75) is 20.3 Å². The Kier molecular flexibility index (Phi) is 5.95. The number of amides is 1. The molecule has 2 aromatic rings. The van der Waals surface area contributed by atoms with E-state index in [1.54, 1.807) is 18.2 Å². The standard InChI is InChI=1S/C19H22N2O3/c1-13-7-8-17(11-14(13)2)21-18(22)9-10-20-16-6-4-5-15(12-16)19(23)24-3/h4-8,11-12,20H,9-10H2,1-3H3,(H,21,22). The summed E-state index contributed by atoms with van der Waals surface area (Å²) in [6, 6.07) is 12.8. The number of rotatable bonds is 6. The fraction of sp³-hybridized carbons (Fsp3) is 0.263. The predicted octanol–water partition coefficient (Wildman–Crippen LogP) is 3.53. The molecule has 0 saturated heterocycles. The van der Waals surface area contributed by atoms with Gasteiger partial charge in [-0.05, 0) is 55.3 Å². The number of carbonyl (C=O) groups is 2. The fourth-order valence-corrected chi connectivity index (χ4v) is 2.24. The first-order valence-corrected chi connectivity index (χ1v) is 7.79. The van der Waals surface area contributed by atoms with Gasteiger partial charge in [-0.1, -0.05) is 12.1 Å². The fourth-order valence-electron chi connectivity index (χ4n) is 2.24. The molecule has 5 heteroatoms. The van der Waals surface area contributed by atoms with Crippen LogP contribution < -0.4 is 10.6 Å². The van der Waals surface area contributed by atoms with Crippen LogP contribution in [0.3, 0.4) is 0 Å². The molecule has 0 unspecified atom stereocenters. The van der Waals surface area contributed by atoms with Crippen LogP contribution in [0.2, 0.25) is 0 Å². The van der Waals surface area contributed by atoms with Crippen LogP contribution in [0.4, 0.5) is 11.4 Å². The number of ether oxygens (including phenoxy) is 1. The quantitative estimate of drug-likeness (QED) is 0.797. The van der Waals surface area contributed by atoms with Crippen LogP contribution >= 0.6 is 0 Å². The van der Waals surface area contributed by atoms with E-state index in [0.29, 0.717) is 18.5 Å². The zero-order valence-electron chi connectivity index (χ0n) is 14.2. The van der Waals surface area contributed by atoms with Gasteiger partial charge >= 0.3 is 5.97 Å². The molecule has 0 heterocycles. The van der Waals surface area contributed by atoms with Crippen LogP contribution in [0.25, 0.3) is 0 Å². The highest BCUT2D eigenvalue weighted by molar-refractivity contribution is 5.91. The maximum Gasteiger partial charge on any atom is 0.337 e. The van der Waals surface area contributed by atoms with Crippen molar-refractivity contribution in [1.29, 1.82) is 0 Å². The summed E-state index contributed by atoms with van der Waals surface area (Å²) in [5.74, 6) is -0.444. The summed E-state index contributed by atoms with van der Waals surface area (Å²) in [5.41, 5.74) is 4.39. The molecule has 1 amide bonds. The van der Waals surface area contributed by atoms with Crippen LogP contribution in [-0.4, -0.2) is 25.5 Å². The molecular weight excluding hydrogens is 304 g/mol. The Balaban J connectivity index is 1.84. The van der Waals surface area contributed by atoms with Gasteiger partial charge in [-0.2, -0.15) is 0 Å². The van der Waals surface area contributed by atoms with Crippen LogP contribution in [0.5, 0.6) is 0 Å². The third kappa shape index (κ3) is 4.84. The van der Waals surface area contributed by atoms with E-state index in [2.05, 4.69) is 15.4 Å². The van der Waals surface area contributed by atoms with Crippen molar-refractivity contribution in [1.82, 2.24) is 0 Å². The largest absolute Gasteiger partial charge is 0.465 e. The lowest BCUT2D eigenvalue weighted by Gasteiger charge is -2.09. The monoisotopic (exact) mass is 326 g/mol. The van der Waals surface area contributed by atoms with Crippen LogP contribution in [0.1, 0.15) is 27.9 Å². The van der Waals surface area contributed by atoms with E-state index in [4.69, 9.17) is 0 Å². The van der Waals surface area contributed by atoms with Crippen molar-refractivity contribution in [3.05, 3.63) is 59.2 Å². The lowest BCUT2D eigenvalue weighted by Crippen LogP contribution is -2.16. The molecule has 0 aliphatic heterocycles. The molecule has 0 bridgehead atoms. The molecule has 0 spiro atoms. The number of esters is 1. The molecule has 0 aromatic heterocycles. The normalized spacial score (nSPS) is 10.1. The molecule has 0 aliphatic rings. The molecule has 5 nitrogen and oxygen atoms in total. The van der Waals surface area contributed by atoms with E-state index in [1.807, 2.05) is 38.1 Å². The van der Waals surface area contributed by atoms with Crippen molar-refractivity contribution in [2.75, 3.05) is 24.3 Å². The van der Waals surface area contributed by atoms with Gasteiger partial charge < -0.3 is 15.4 Å². The Labute approximate surface area is 142 Å². The highest BCUT2D eigenvalue weighted by atomic mass is 16.5. The third-order valence-corrected chi connectivity index (χ3v) is 3.76. The summed E-state index contributed by atoms with van der Waals surface area (Å²) in [4.78, 5) is 23.5. The van der Waals surface area contributed by atoms with Crippen LogP contribution in [-0.2, 0) is 9.53 Å². The average molecular weight is 326 g/mol. The number of anilines is 2. The number of methoxy groups -OCH3 is 1. The Morgan fingerprint density at radius 1 is 1.00 bits per heavy atom.